The molecule has 0 aromatic heterocycles. The summed E-state index contributed by atoms with van der Waals surface area (Å²) in [6.45, 7) is 0.106. The number of para-hydroxylation sites is 1. The Balaban J connectivity index is 2.14. The highest BCUT2D eigenvalue weighted by Crippen LogP contribution is 2.28. The fraction of sp³-hybridized carbons (Fsp3) is 0.417. The van der Waals surface area contributed by atoms with Gasteiger partial charge in [-0.1, -0.05) is 18.2 Å². The van der Waals surface area contributed by atoms with E-state index in [-0.39, 0.29) is 6.54 Å². The summed E-state index contributed by atoms with van der Waals surface area (Å²) in [5.41, 5.74) is 1.02. The quantitative estimate of drug-likeness (QED) is 0.818. The highest BCUT2D eigenvalue weighted by molar-refractivity contribution is 5.74. The number of carbonyl (C=O) groups is 1. The monoisotopic (exact) mass is 205 g/mol. The van der Waals surface area contributed by atoms with Crippen LogP contribution in [-0.4, -0.2) is 23.7 Å². The summed E-state index contributed by atoms with van der Waals surface area (Å²) in [4.78, 5) is 12.8. The molecule has 1 aromatic carbocycles. The van der Waals surface area contributed by atoms with Crippen LogP contribution in [0.2, 0.25) is 0 Å². The van der Waals surface area contributed by atoms with E-state index in [4.69, 9.17) is 5.11 Å². The molecular weight excluding hydrogens is 190 g/mol. The Hall–Kier alpha value is -1.51. The highest BCUT2D eigenvalue weighted by atomic mass is 16.4. The van der Waals surface area contributed by atoms with Crippen molar-refractivity contribution in [1.82, 2.24) is 0 Å². The van der Waals surface area contributed by atoms with Crippen LogP contribution in [0.4, 0.5) is 5.69 Å². The second kappa shape index (κ2) is 4.34. The average Bonchev–Trinajstić information content (AvgIpc) is 2.15. The Bertz CT molecular complexity index is 333. The van der Waals surface area contributed by atoms with Crippen molar-refractivity contribution in [3.8, 4) is 0 Å². The largest absolute Gasteiger partial charge is 0.480 e. The van der Waals surface area contributed by atoms with Gasteiger partial charge in [-0.05, 0) is 31.4 Å². The lowest BCUT2D eigenvalue weighted by Crippen LogP contribution is -2.43. The van der Waals surface area contributed by atoms with Crippen molar-refractivity contribution in [2.75, 3.05) is 11.4 Å². The van der Waals surface area contributed by atoms with E-state index in [1.807, 2.05) is 35.2 Å². The number of hydrogen-bond acceptors (Lipinski definition) is 2. The van der Waals surface area contributed by atoms with Crippen LogP contribution in [0.1, 0.15) is 19.3 Å². The molecule has 3 heteroatoms. The van der Waals surface area contributed by atoms with Crippen molar-refractivity contribution in [2.45, 2.75) is 25.3 Å². The van der Waals surface area contributed by atoms with Crippen molar-refractivity contribution in [3.05, 3.63) is 30.3 Å². The first kappa shape index (κ1) is 10.0. The Morgan fingerprint density at radius 2 is 2.00 bits per heavy atom. The van der Waals surface area contributed by atoms with Gasteiger partial charge in [0.25, 0.3) is 0 Å². The first-order valence-electron chi connectivity index (χ1n) is 5.31. The normalized spacial score (nSPS) is 15.7. The van der Waals surface area contributed by atoms with Gasteiger partial charge in [0.2, 0.25) is 0 Å². The van der Waals surface area contributed by atoms with Gasteiger partial charge >= 0.3 is 5.97 Å². The minimum atomic E-state index is -0.759. The van der Waals surface area contributed by atoms with E-state index in [9.17, 15) is 4.79 Å². The topological polar surface area (TPSA) is 40.5 Å². The Kier molecular flexibility index (Phi) is 2.90. The van der Waals surface area contributed by atoms with E-state index in [2.05, 4.69) is 0 Å². The third-order valence-corrected chi connectivity index (χ3v) is 2.91. The number of aliphatic carboxylic acids is 1. The maximum absolute atomic E-state index is 10.8. The SMILES string of the molecule is O=C(O)CN(c1ccccc1)C1CCC1. The number of anilines is 1. The van der Waals surface area contributed by atoms with Gasteiger partial charge in [-0.3, -0.25) is 4.79 Å². The lowest BCUT2D eigenvalue weighted by molar-refractivity contribution is -0.135. The molecule has 0 saturated heterocycles. The summed E-state index contributed by atoms with van der Waals surface area (Å²) < 4.78 is 0. The zero-order valence-electron chi connectivity index (χ0n) is 8.60. The first-order chi connectivity index (χ1) is 7.27. The fourth-order valence-electron chi connectivity index (χ4n) is 1.89. The maximum Gasteiger partial charge on any atom is 0.323 e. The summed E-state index contributed by atoms with van der Waals surface area (Å²) in [7, 11) is 0. The van der Waals surface area contributed by atoms with E-state index < -0.39 is 5.97 Å². The molecule has 15 heavy (non-hydrogen) atoms. The van der Waals surface area contributed by atoms with Gasteiger partial charge in [-0.25, -0.2) is 0 Å². The van der Waals surface area contributed by atoms with Gasteiger partial charge in [-0.15, -0.1) is 0 Å². The summed E-state index contributed by atoms with van der Waals surface area (Å²) >= 11 is 0. The van der Waals surface area contributed by atoms with Gasteiger partial charge in [-0.2, -0.15) is 0 Å². The molecule has 1 fully saturated rings. The lowest BCUT2D eigenvalue weighted by atomic mass is 9.91. The van der Waals surface area contributed by atoms with Crippen LogP contribution in [-0.2, 0) is 4.79 Å². The van der Waals surface area contributed by atoms with Crippen molar-refractivity contribution in [3.63, 3.8) is 0 Å². The van der Waals surface area contributed by atoms with E-state index in [0.717, 1.165) is 18.5 Å². The molecule has 0 amide bonds. The number of rotatable bonds is 4. The predicted molar refractivity (Wildman–Crippen MR) is 59.1 cm³/mol. The maximum atomic E-state index is 10.8. The average molecular weight is 205 g/mol. The van der Waals surface area contributed by atoms with Gasteiger partial charge in [0.15, 0.2) is 0 Å². The molecule has 1 aromatic rings. The Morgan fingerprint density at radius 1 is 1.33 bits per heavy atom. The molecule has 1 N–H and O–H groups in total. The van der Waals surface area contributed by atoms with Crippen molar-refractivity contribution in [1.29, 1.82) is 0 Å². The molecular formula is C12H15NO2. The molecule has 3 nitrogen and oxygen atoms in total. The second-order valence-electron chi connectivity index (χ2n) is 3.94. The van der Waals surface area contributed by atoms with E-state index >= 15 is 0 Å². The summed E-state index contributed by atoms with van der Waals surface area (Å²) in [5, 5.41) is 8.87. The molecule has 1 aliphatic rings. The number of carboxylic acids is 1. The summed E-state index contributed by atoms with van der Waals surface area (Å²) in [5.74, 6) is -0.759. The standard InChI is InChI=1S/C12H15NO2/c14-12(15)9-13(11-7-4-8-11)10-5-2-1-3-6-10/h1-3,5-6,11H,4,7-9H2,(H,14,15). The van der Waals surface area contributed by atoms with Crippen LogP contribution in [0.25, 0.3) is 0 Å². The van der Waals surface area contributed by atoms with Gasteiger partial charge in [0.1, 0.15) is 6.54 Å². The minimum Gasteiger partial charge on any atom is -0.480 e. The van der Waals surface area contributed by atoms with Crippen molar-refractivity contribution >= 4 is 11.7 Å². The molecule has 0 unspecified atom stereocenters. The fourth-order valence-corrected chi connectivity index (χ4v) is 1.89. The molecule has 0 heterocycles. The molecule has 0 radical (unpaired) electrons. The number of nitrogens with zero attached hydrogens (tertiary/aromatic N) is 1. The summed E-state index contributed by atoms with van der Waals surface area (Å²) in [6.07, 6.45) is 3.44. The number of benzene rings is 1. The van der Waals surface area contributed by atoms with E-state index in [1.165, 1.54) is 6.42 Å². The van der Waals surface area contributed by atoms with Crippen molar-refractivity contribution < 1.29 is 9.90 Å². The van der Waals surface area contributed by atoms with Crippen LogP contribution >= 0.6 is 0 Å². The predicted octanol–water partition coefficient (Wildman–Crippen LogP) is 2.13. The van der Waals surface area contributed by atoms with Crippen LogP contribution in [0, 0.1) is 0 Å². The van der Waals surface area contributed by atoms with Crippen LogP contribution in [0.5, 0.6) is 0 Å². The molecule has 2 rings (SSSR count). The van der Waals surface area contributed by atoms with Crippen LogP contribution in [0.3, 0.4) is 0 Å². The van der Waals surface area contributed by atoms with Crippen molar-refractivity contribution in [2.24, 2.45) is 0 Å². The smallest absolute Gasteiger partial charge is 0.323 e. The summed E-state index contributed by atoms with van der Waals surface area (Å²) in [6, 6.07) is 10.2. The molecule has 0 atom stereocenters. The molecule has 1 aliphatic carbocycles. The van der Waals surface area contributed by atoms with Crippen LogP contribution < -0.4 is 4.90 Å². The molecule has 0 spiro atoms. The van der Waals surface area contributed by atoms with Crippen LogP contribution in [0.15, 0.2) is 30.3 Å². The van der Waals surface area contributed by atoms with E-state index in [1.54, 1.807) is 0 Å². The molecule has 80 valence electrons. The zero-order chi connectivity index (χ0) is 10.7. The second-order valence-corrected chi connectivity index (χ2v) is 3.94. The number of hydrogen-bond donors (Lipinski definition) is 1. The third-order valence-electron chi connectivity index (χ3n) is 2.91. The minimum absolute atomic E-state index is 0.106. The molecule has 0 aliphatic heterocycles. The van der Waals surface area contributed by atoms with Gasteiger partial charge < -0.3 is 10.0 Å². The Labute approximate surface area is 89.3 Å². The van der Waals surface area contributed by atoms with Gasteiger partial charge in [0, 0.05) is 11.7 Å². The zero-order valence-corrected chi connectivity index (χ0v) is 8.60. The molecule has 0 bridgehead atoms. The third kappa shape index (κ3) is 2.29. The first-order valence-corrected chi connectivity index (χ1v) is 5.31. The molecule has 1 saturated carbocycles. The highest BCUT2D eigenvalue weighted by Gasteiger charge is 2.26. The van der Waals surface area contributed by atoms with Gasteiger partial charge in [0.05, 0.1) is 0 Å². The number of carboxylic acid groups (broad SMARTS) is 1. The van der Waals surface area contributed by atoms with E-state index in [0.29, 0.717) is 6.04 Å². The lowest BCUT2D eigenvalue weighted by Gasteiger charge is -2.38. The Morgan fingerprint density at radius 3 is 2.47 bits per heavy atom.